The first-order valence-electron chi connectivity index (χ1n) is 9.74. The van der Waals surface area contributed by atoms with Gasteiger partial charge in [-0.2, -0.15) is 0 Å². The van der Waals surface area contributed by atoms with Crippen molar-refractivity contribution in [3.8, 4) is 11.5 Å². The molecule has 6 heteroatoms. The molecule has 3 heterocycles. The first kappa shape index (κ1) is 17.6. The molecule has 4 rings (SSSR count). The van der Waals surface area contributed by atoms with Gasteiger partial charge in [0.05, 0.1) is 19.6 Å². The topological polar surface area (TPSA) is 51.2 Å². The van der Waals surface area contributed by atoms with Crippen molar-refractivity contribution in [3.05, 3.63) is 23.8 Å². The van der Waals surface area contributed by atoms with Gasteiger partial charge in [0, 0.05) is 32.7 Å². The van der Waals surface area contributed by atoms with Crippen LogP contribution in [-0.2, 0) is 16.0 Å². The summed E-state index contributed by atoms with van der Waals surface area (Å²) in [6.07, 6.45) is 2.64. The van der Waals surface area contributed by atoms with E-state index in [-0.39, 0.29) is 5.91 Å². The van der Waals surface area contributed by atoms with E-state index in [4.69, 9.17) is 14.2 Å². The van der Waals surface area contributed by atoms with Gasteiger partial charge in [-0.3, -0.25) is 9.69 Å². The Balaban J connectivity index is 1.25. The molecule has 6 nitrogen and oxygen atoms in total. The van der Waals surface area contributed by atoms with E-state index < -0.39 is 0 Å². The monoisotopic (exact) mass is 360 g/mol. The molecule has 1 amide bonds. The minimum atomic E-state index is 0.214. The number of hydrogen-bond donors (Lipinski definition) is 0. The Morgan fingerprint density at radius 2 is 1.69 bits per heavy atom. The van der Waals surface area contributed by atoms with Gasteiger partial charge in [0.15, 0.2) is 11.5 Å². The minimum absolute atomic E-state index is 0.214. The van der Waals surface area contributed by atoms with Crippen molar-refractivity contribution < 1.29 is 19.0 Å². The van der Waals surface area contributed by atoms with Crippen molar-refractivity contribution in [2.24, 2.45) is 5.92 Å². The number of rotatable bonds is 4. The van der Waals surface area contributed by atoms with E-state index in [1.54, 1.807) is 0 Å². The van der Waals surface area contributed by atoms with Gasteiger partial charge in [-0.1, -0.05) is 6.07 Å². The number of piperidine rings is 1. The molecule has 0 aliphatic carbocycles. The molecule has 142 valence electrons. The molecule has 3 aliphatic heterocycles. The second kappa shape index (κ2) is 8.27. The molecular formula is C20H28N2O4. The van der Waals surface area contributed by atoms with E-state index in [0.717, 1.165) is 75.8 Å². The van der Waals surface area contributed by atoms with Gasteiger partial charge in [-0.05, 0) is 36.5 Å². The average molecular weight is 360 g/mol. The molecule has 0 atom stereocenters. The number of amides is 1. The summed E-state index contributed by atoms with van der Waals surface area (Å²) in [5, 5.41) is 0. The summed E-state index contributed by atoms with van der Waals surface area (Å²) < 4.78 is 16.6. The van der Waals surface area contributed by atoms with Crippen molar-refractivity contribution in [1.29, 1.82) is 0 Å². The molecular weight excluding hydrogens is 332 g/mol. The number of likely N-dealkylation sites (tertiary alicyclic amines) is 1. The normalized spacial score (nSPS) is 21.6. The maximum atomic E-state index is 12.7. The van der Waals surface area contributed by atoms with E-state index in [9.17, 15) is 4.79 Å². The van der Waals surface area contributed by atoms with Crippen LogP contribution >= 0.6 is 0 Å². The maximum absolute atomic E-state index is 12.7. The predicted molar refractivity (Wildman–Crippen MR) is 97.7 cm³/mol. The Morgan fingerprint density at radius 1 is 0.962 bits per heavy atom. The zero-order chi connectivity index (χ0) is 17.8. The van der Waals surface area contributed by atoms with Crippen LogP contribution in [0.15, 0.2) is 18.2 Å². The maximum Gasteiger partial charge on any atom is 0.226 e. The molecule has 0 radical (unpaired) electrons. The quantitative estimate of drug-likeness (QED) is 0.816. The van der Waals surface area contributed by atoms with Crippen LogP contribution in [0.5, 0.6) is 11.5 Å². The van der Waals surface area contributed by atoms with Crippen LogP contribution in [0.4, 0.5) is 0 Å². The number of benzene rings is 1. The zero-order valence-electron chi connectivity index (χ0n) is 15.3. The highest BCUT2D eigenvalue weighted by Gasteiger charge is 2.25. The van der Waals surface area contributed by atoms with Crippen molar-refractivity contribution in [1.82, 2.24) is 9.80 Å². The first-order chi connectivity index (χ1) is 12.8. The van der Waals surface area contributed by atoms with E-state index in [1.807, 2.05) is 23.1 Å². The fourth-order valence-corrected chi connectivity index (χ4v) is 4.00. The lowest BCUT2D eigenvalue weighted by atomic mass is 9.95. The highest BCUT2D eigenvalue weighted by Crippen LogP contribution is 2.31. The number of fused-ring (bicyclic) bond motifs is 1. The van der Waals surface area contributed by atoms with Gasteiger partial charge in [-0.15, -0.1) is 0 Å². The Morgan fingerprint density at radius 3 is 2.46 bits per heavy atom. The summed E-state index contributed by atoms with van der Waals surface area (Å²) in [5.41, 5.74) is 0.995. The standard InChI is InChI=1S/C20H28N2O4/c23-20(14-17-1-2-18-19(13-17)26-12-11-25-18)22-5-3-16(4-6-22)15-21-7-9-24-10-8-21/h1-2,13,16H,3-12,14-15H2. The molecule has 3 aliphatic rings. The third kappa shape index (κ3) is 4.30. The van der Waals surface area contributed by atoms with Crippen LogP contribution in [0.2, 0.25) is 0 Å². The summed E-state index contributed by atoms with van der Waals surface area (Å²) in [5.74, 6) is 2.44. The van der Waals surface area contributed by atoms with Crippen LogP contribution < -0.4 is 9.47 Å². The molecule has 2 fully saturated rings. The van der Waals surface area contributed by atoms with E-state index in [2.05, 4.69) is 4.90 Å². The molecule has 26 heavy (non-hydrogen) atoms. The van der Waals surface area contributed by atoms with Gasteiger partial charge in [0.2, 0.25) is 5.91 Å². The number of morpholine rings is 1. The fraction of sp³-hybridized carbons (Fsp3) is 0.650. The largest absolute Gasteiger partial charge is 0.486 e. The molecule has 0 spiro atoms. The Labute approximate surface area is 155 Å². The Kier molecular flexibility index (Phi) is 5.60. The SMILES string of the molecule is O=C(Cc1ccc2c(c1)OCCO2)N1CCC(CN2CCOCC2)CC1. The Hall–Kier alpha value is -1.79. The van der Waals surface area contributed by atoms with Crippen LogP contribution in [0.25, 0.3) is 0 Å². The molecule has 0 bridgehead atoms. The fourth-order valence-electron chi connectivity index (χ4n) is 4.00. The smallest absolute Gasteiger partial charge is 0.226 e. The molecule has 2 saturated heterocycles. The lowest BCUT2D eigenvalue weighted by Crippen LogP contribution is -2.44. The third-order valence-corrected chi connectivity index (χ3v) is 5.55. The molecule has 1 aromatic rings. The number of nitrogens with zero attached hydrogens (tertiary/aromatic N) is 2. The third-order valence-electron chi connectivity index (χ3n) is 5.55. The van der Waals surface area contributed by atoms with Crippen molar-refractivity contribution in [3.63, 3.8) is 0 Å². The summed E-state index contributed by atoms with van der Waals surface area (Å²) >= 11 is 0. The van der Waals surface area contributed by atoms with E-state index in [1.165, 1.54) is 0 Å². The second-order valence-electron chi connectivity index (χ2n) is 7.39. The molecule has 0 N–H and O–H groups in total. The average Bonchev–Trinajstić information content (AvgIpc) is 2.69. The van der Waals surface area contributed by atoms with Gasteiger partial charge < -0.3 is 19.1 Å². The highest BCUT2D eigenvalue weighted by molar-refractivity contribution is 5.79. The van der Waals surface area contributed by atoms with Gasteiger partial charge in [0.25, 0.3) is 0 Å². The summed E-state index contributed by atoms with van der Waals surface area (Å²) in [4.78, 5) is 17.2. The van der Waals surface area contributed by atoms with Gasteiger partial charge in [0.1, 0.15) is 13.2 Å². The second-order valence-corrected chi connectivity index (χ2v) is 7.39. The van der Waals surface area contributed by atoms with E-state index in [0.29, 0.717) is 25.6 Å². The van der Waals surface area contributed by atoms with Crippen LogP contribution in [-0.4, -0.2) is 74.9 Å². The van der Waals surface area contributed by atoms with Crippen molar-refractivity contribution in [2.75, 3.05) is 59.2 Å². The van der Waals surface area contributed by atoms with Gasteiger partial charge in [-0.25, -0.2) is 0 Å². The summed E-state index contributed by atoms with van der Waals surface area (Å²) in [6, 6.07) is 5.82. The zero-order valence-corrected chi connectivity index (χ0v) is 15.3. The number of hydrogen-bond acceptors (Lipinski definition) is 5. The minimum Gasteiger partial charge on any atom is -0.486 e. The Bertz CT molecular complexity index is 622. The number of ether oxygens (including phenoxy) is 3. The lowest BCUT2D eigenvalue weighted by Gasteiger charge is -2.36. The van der Waals surface area contributed by atoms with Crippen molar-refractivity contribution >= 4 is 5.91 Å². The van der Waals surface area contributed by atoms with Gasteiger partial charge >= 0.3 is 0 Å². The van der Waals surface area contributed by atoms with Crippen LogP contribution in [0, 0.1) is 5.92 Å². The van der Waals surface area contributed by atoms with Crippen LogP contribution in [0.3, 0.4) is 0 Å². The lowest BCUT2D eigenvalue weighted by molar-refractivity contribution is -0.132. The van der Waals surface area contributed by atoms with E-state index >= 15 is 0 Å². The number of carbonyl (C=O) groups is 1. The molecule has 0 unspecified atom stereocenters. The summed E-state index contributed by atoms with van der Waals surface area (Å²) in [6.45, 7) is 7.85. The first-order valence-corrected chi connectivity index (χ1v) is 9.74. The highest BCUT2D eigenvalue weighted by atomic mass is 16.6. The van der Waals surface area contributed by atoms with Crippen LogP contribution in [0.1, 0.15) is 18.4 Å². The summed E-state index contributed by atoms with van der Waals surface area (Å²) in [7, 11) is 0. The molecule has 0 saturated carbocycles. The predicted octanol–water partition coefficient (Wildman–Crippen LogP) is 1.57. The molecule has 1 aromatic carbocycles. The van der Waals surface area contributed by atoms with Crippen molar-refractivity contribution in [2.45, 2.75) is 19.3 Å². The molecule has 0 aromatic heterocycles. The number of carbonyl (C=O) groups excluding carboxylic acids is 1.